The lowest BCUT2D eigenvalue weighted by atomic mass is 10.1. The maximum atomic E-state index is 11.4. The Balaban J connectivity index is 1.36. The Hall–Kier alpha value is -2.77. The molecule has 0 radical (unpaired) electrons. The number of benzene rings is 2. The van der Waals surface area contributed by atoms with Crippen LogP contribution in [0.1, 0.15) is 18.4 Å². The van der Waals surface area contributed by atoms with Crippen molar-refractivity contribution < 1.29 is 19.0 Å². The maximum Gasteiger partial charge on any atom is 0.262 e. The Morgan fingerprint density at radius 1 is 1.17 bits per heavy atom. The predicted molar refractivity (Wildman–Crippen MR) is 118 cm³/mol. The number of carbonyl (C=O) groups excluding carboxylic acids is 1. The molecule has 1 saturated heterocycles. The van der Waals surface area contributed by atoms with E-state index < -0.39 is 0 Å². The molecule has 4 rings (SSSR count). The summed E-state index contributed by atoms with van der Waals surface area (Å²) in [7, 11) is 1.70. The molecule has 30 heavy (non-hydrogen) atoms. The quantitative estimate of drug-likeness (QED) is 0.677. The number of piperidine rings is 1. The number of nitrogens with zero attached hydrogens (tertiary/aromatic N) is 1. The minimum atomic E-state index is -0.125. The Morgan fingerprint density at radius 3 is 2.77 bits per heavy atom. The highest BCUT2D eigenvalue weighted by Gasteiger charge is 2.20. The molecule has 160 valence electrons. The molecule has 0 aliphatic carbocycles. The van der Waals surface area contributed by atoms with Crippen LogP contribution < -0.4 is 20.3 Å². The first kappa shape index (κ1) is 20.5. The zero-order valence-electron chi connectivity index (χ0n) is 17.6. The van der Waals surface area contributed by atoms with Gasteiger partial charge >= 0.3 is 0 Å². The van der Waals surface area contributed by atoms with Gasteiger partial charge in [0.15, 0.2) is 6.61 Å². The third-order valence-electron chi connectivity index (χ3n) is 5.55. The first-order valence-corrected chi connectivity index (χ1v) is 10.4. The summed E-state index contributed by atoms with van der Waals surface area (Å²) < 4.78 is 16.4. The minimum absolute atomic E-state index is 0.0539. The van der Waals surface area contributed by atoms with Crippen molar-refractivity contribution in [1.82, 2.24) is 0 Å². The van der Waals surface area contributed by atoms with Gasteiger partial charge in [0.25, 0.3) is 5.91 Å². The van der Waals surface area contributed by atoms with Crippen molar-refractivity contribution in [2.75, 3.05) is 55.6 Å². The highest BCUT2D eigenvalue weighted by atomic mass is 16.5. The van der Waals surface area contributed by atoms with Crippen LogP contribution in [0, 0.1) is 6.92 Å². The minimum Gasteiger partial charge on any atom is -0.482 e. The second-order valence-corrected chi connectivity index (χ2v) is 7.72. The fraction of sp³-hybridized carbons (Fsp3) is 0.435. The number of nitrogens with one attached hydrogen (secondary N) is 2. The van der Waals surface area contributed by atoms with Crippen LogP contribution in [0.2, 0.25) is 0 Å². The molecule has 2 aliphatic rings. The summed E-state index contributed by atoms with van der Waals surface area (Å²) in [4.78, 5) is 13.8. The highest BCUT2D eigenvalue weighted by Crippen LogP contribution is 2.33. The number of amides is 1. The van der Waals surface area contributed by atoms with Gasteiger partial charge in [0, 0.05) is 43.3 Å². The van der Waals surface area contributed by atoms with Crippen LogP contribution >= 0.6 is 0 Å². The lowest BCUT2D eigenvalue weighted by molar-refractivity contribution is -0.118. The first-order chi connectivity index (χ1) is 14.6. The average molecular weight is 412 g/mol. The van der Waals surface area contributed by atoms with Crippen molar-refractivity contribution in [2.24, 2.45) is 0 Å². The topological polar surface area (TPSA) is 72.1 Å². The van der Waals surface area contributed by atoms with Crippen LogP contribution in [-0.4, -0.2) is 52.0 Å². The number of hydrogen-bond acceptors (Lipinski definition) is 6. The van der Waals surface area contributed by atoms with Crippen molar-refractivity contribution >= 4 is 28.7 Å². The Bertz CT molecular complexity index is 894. The van der Waals surface area contributed by atoms with E-state index in [4.69, 9.17) is 14.2 Å². The molecule has 2 N–H and O–H groups in total. The van der Waals surface area contributed by atoms with Gasteiger partial charge in [-0.3, -0.25) is 4.79 Å². The Labute approximate surface area is 177 Å². The average Bonchev–Trinajstić information content (AvgIpc) is 2.76. The van der Waals surface area contributed by atoms with Gasteiger partial charge < -0.3 is 29.7 Å². The molecule has 0 atom stereocenters. The van der Waals surface area contributed by atoms with Gasteiger partial charge in [0.05, 0.1) is 25.0 Å². The monoisotopic (exact) mass is 411 g/mol. The lowest BCUT2D eigenvalue weighted by Gasteiger charge is -2.34. The van der Waals surface area contributed by atoms with E-state index in [0.29, 0.717) is 30.8 Å². The van der Waals surface area contributed by atoms with Crippen molar-refractivity contribution in [3.63, 3.8) is 0 Å². The molecular weight excluding hydrogens is 382 g/mol. The molecule has 2 aromatic rings. The Kier molecular flexibility index (Phi) is 6.40. The van der Waals surface area contributed by atoms with Crippen molar-refractivity contribution in [2.45, 2.75) is 25.9 Å². The van der Waals surface area contributed by atoms with Crippen molar-refractivity contribution in [3.05, 3.63) is 42.0 Å². The zero-order valence-corrected chi connectivity index (χ0v) is 17.6. The van der Waals surface area contributed by atoms with E-state index in [2.05, 4.69) is 40.7 Å². The van der Waals surface area contributed by atoms with Gasteiger partial charge in [-0.15, -0.1) is 0 Å². The molecule has 2 aliphatic heterocycles. The van der Waals surface area contributed by atoms with Gasteiger partial charge in [-0.05, 0) is 55.7 Å². The summed E-state index contributed by atoms with van der Waals surface area (Å²) >= 11 is 0. The van der Waals surface area contributed by atoms with Crippen LogP contribution in [0.15, 0.2) is 36.4 Å². The van der Waals surface area contributed by atoms with E-state index in [0.717, 1.165) is 37.3 Å². The summed E-state index contributed by atoms with van der Waals surface area (Å²) in [6.45, 7) is 5.48. The second-order valence-electron chi connectivity index (χ2n) is 7.72. The van der Waals surface area contributed by atoms with Crippen LogP contribution in [0.5, 0.6) is 5.75 Å². The SMILES string of the molecule is COCCOC1CCN(c2ccc(Nc3ccc4c(c3)OCC(=O)N4)c(C)c2)CC1. The molecule has 0 unspecified atom stereocenters. The molecule has 0 aromatic heterocycles. The number of hydrogen-bond donors (Lipinski definition) is 2. The molecule has 7 heteroatoms. The maximum absolute atomic E-state index is 11.4. The molecule has 1 amide bonds. The summed E-state index contributed by atoms with van der Waals surface area (Å²) in [6.07, 6.45) is 2.40. The molecule has 0 saturated carbocycles. The van der Waals surface area contributed by atoms with Crippen LogP contribution in [0.25, 0.3) is 0 Å². The second kappa shape index (κ2) is 9.36. The van der Waals surface area contributed by atoms with E-state index in [1.165, 1.54) is 11.3 Å². The third-order valence-corrected chi connectivity index (χ3v) is 5.55. The molecule has 7 nitrogen and oxygen atoms in total. The predicted octanol–water partition coefficient (Wildman–Crippen LogP) is 3.70. The number of carbonyl (C=O) groups is 1. The number of aryl methyl sites for hydroxylation is 1. The van der Waals surface area contributed by atoms with E-state index >= 15 is 0 Å². The molecule has 0 bridgehead atoms. The van der Waals surface area contributed by atoms with Crippen LogP contribution in [0.4, 0.5) is 22.7 Å². The number of rotatable bonds is 7. The summed E-state index contributed by atoms with van der Waals surface area (Å²) in [5.74, 6) is 0.560. The zero-order chi connectivity index (χ0) is 20.9. The van der Waals surface area contributed by atoms with Crippen LogP contribution in [0.3, 0.4) is 0 Å². The van der Waals surface area contributed by atoms with E-state index in [-0.39, 0.29) is 12.5 Å². The van der Waals surface area contributed by atoms with Gasteiger partial charge in [-0.1, -0.05) is 0 Å². The summed E-state index contributed by atoms with van der Waals surface area (Å²) in [5, 5.41) is 6.27. The molecule has 0 spiro atoms. The number of anilines is 4. The number of fused-ring (bicyclic) bond motifs is 1. The first-order valence-electron chi connectivity index (χ1n) is 10.4. The standard InChI is InChI=1S/C23H29N3O4/c1-16-13-18(26-9-7-19(8-10-26)29-12-11-28-2)4-6-20(16)24-17-3-5-21-22(14-17)30-15-23(27)25-21/h3-6,13-14,19,24H,7-12,15H2,1-2H3,(H,25,27). The van der Waals surface area contributed by atoms with Gasteiger partial charge in [0.2, 0.25) is 0 Å². The fourth-order valence-electron chi connectivity index (χ4n) is 3.87. The molecular formula is C23H29N3O4. The molecule has 2 heterocycles. The molecule has 2 aromatic carbocycles. The normalized spacial score (nSPS) is 16.6. The van der Waals surface area contributed by atoms with Gasteiger partial charge in [-0.2, -0.15) is 0 Å². The Morgan fingerprint density at radius 2 is 2.00 bits per heavy atom. The van der Waals surface area contributed by atoms with Gasteiger partial charge in [-0.25, -0.2) is 0 Å². The largest absolute Gasteiger partial charge is 0.482 e. The van der Waals surface area contributed by atoms with Gasteiger partial charge in [0.1, 0.15) is 5.75 Å². The van der Waals surface area contributed by atoms with E-state index in [1.807, 2.05) is 18.2 Å². The smallest absolute Gasteiger partial charge is 0.262 e. The fourth-order valence-corrected chi connectivity index (χ4v) is 3.87. The summed E-state index contributed by atoms with van der Waals surface area (Å²) in [6, 6.07) is 12.2. The summed E-state index contributed by atoms with van der Waals surface area (Å²) in [5.41, 5.74) is 5.10. The third kappa shape index (κ3) is 4.86. The van der Waals surface area contributed by atoms with E-state index in [9.17, 15) is 4.79 Å². The van der Waals surface area contributed by atoms with Crippen molar-refractivity contribution in [3.8, 4) is 5.75 Å². The lowest BCUT2D eigenvalue weighted by Crippen LogP contribution is -2.37. The van der Waals surface area contributed by atoms with Crippen LogP contribution in [-0.2, 0) is 14.3 Å². The van der Waals surface area contributed by atoms with Crippen molar-refractivity contribution in [1.29, 1.82) is 0 Å². The highest BCUT2D eigenvalue weighted by molar-refractivity contribution is 5.95. The molecule has 1 fully saturated rings. The number of methoxy groups -OCH3 is 1. The number of ether oxygens (including phenoxy) is 3. The van der Waals surface area contributed by atoms with E-state index in [1.54, 1.807) is 7.11 Å².